The molecule has 1 fully saturated rings. The average Bonchev–Trinajstić information content (AvgIpc) is 3.31. The number of nitrogens with one attached hydrogen (secondary N) is 2. The van der Waals surface area contributed by atoms with Crippen molar-refractivity contribution in [2.24, 2.45) is 33.8 Å². The molecule has 11 N–H and O–H groups in total. The van der Waals surface area contributed by atoms with Gasteiger partial charge in [-0.3, -0.25) is 24.2 Å². The van der Waals surface area contributed by atoms with E-state index in [0.29, 0.717) is 32.2 Å². The summed E-state index contributed by atoms with van der Waals surface area (Å²) in [6.45, 7) is 4.34. The Labute approximate surface area is 210 Å². The van der Waals surface area contributed by atoms with Crippen molar-refractivity contribution in [1.82, 2.24) is 15.5 Å². The van der Waals surface area contributed by atoms with Crippen LogP contribution in [0, 0.1) is 5.92 Å². The van der Waals surface area contributed by atoms with E-state index in [1.807, 2.05) is 13.8 Å². The Kier molecular flexibility index (Phi) is 12.6. The minimum atomic E-state index is -1.37. The van der Waals surface area contributed by atoms with Gasteiger partial charge in [-0.25, -0.2) is 4.79 Å². The number of primary amides is 1. The quantitative estimate of drug-likeness (QED) is 0.0708. The summed E-state index contributed by atoms with van der Waals surface area (Å²) < 4.78 is 0. The van der Waals surface area contributed by atoms with Crippen LogP contribution in [0.4, 0.5) is 0 Å². The topological polar surface area (TPSA) is 249 Å². The molecule has 1 saturated heterocycles. The second kappa shape index (κ2) is 14.9. The molecule has 1 aliphatic rings. The van der Waals surface area contributed by atoms with E-state index in [0.717, 1.165) is 0 Å². The molecule has 1 heterocycles. The highest BCUT2D eigenvalue weighted by atomic mass is 16.4. The minimum absolute atomic E-state index is 0.0655. The molecule has 14 nitrogen and oxygen atoms in total. The molecule has 0 aromatic carbocycles. The molecular weight excluding hydrogens is 472 g/mol. The molecule has 0 aliphatic carbocycles. The van der Waals surface area contributed by atoms with Crippen molar-refractivity contribution >= 4 is 35.6 Å². The fraction of sp³-hybridized carbons (Fsp3) is 0.727. The molecule has 0 bridgehead atoms. The van der Waals surface area contributed by atoms with Crippen molar-refractivity contribution in [3.63, 3.8) is 0 Å². The molecular formula is C22H40N8O6. The lowest BCUT2D eigenvalue weighted by atomic mass is 9.98. The van der Waals surface area contributed by atoms with E-state index >= 15 is 0 Å². The van der Waals surface area contributed by atoms with E-state index in [9.17, 15) is 29.1 Å². The highest BCUT2D eigenvalue weighted by Crippen LogP contribution is 2.21. The number of hydrogen-bond acceptors (Lipinski definition) is 7. The predicted molar refractivity (Wildman–Crippen MR) is 132 cm³/mol. The van der Waals surface area contributed by atoms with Gasteiger partial charge in [0.25, 0.3) is 0 Å². The molecule has 204 valence electrons. The Hall–Kier alpha value is -3.42. The summed E-state index contributed by atoms with van der Waals surface area (Å²) in [5.41, 5.74) is 21.8. The number of guanidine groups is 1. The lowest BCUT2D eigenvalue weighted by molar-refractivity contribution is -0.143. The highest BCUT2D eigenvalue weighted by Gasteiger charge is 2.38. The molecule has 0 spiro atoms. The first-order chi connectivity index (χ1) is 16.9. The molecule has 0 radical (unpaired) electrons. The van der Waals surface area contributed by atoms with Crippen LogP contribution in [0.3, 0.4) is 0 Å². The van der Waals surface area contributed by atoms with E-state index in [1.165, 1.54) is 4.90 Å². The second-order valence-electron chi connectivity index (χ2n) is 9.02. The zero-order valence-electron chi connectivity index (χ0n) is 20.9. The van der Waals surface area contributed by atoms with Crippen molar-refractivity contribution in [3.05, 3.63) is 0 Å². The van der Waals surface area contributed by atoms with Crippen LogP contribution >= 0.6 is 0 Å². The maximum absolute atomic E-state index is 13.1. The van der Waals surface area contributed by atoms with Gasteiger partial charge in [-0.2, -0.15) is 0 Å². The lowest BCUT2D eigenvalue weighted by Gasteiger charge is -2.30. The number of rotatable bonds is 15. The summed E-state index contributed by atoms with van der Waals surface area (Å²) >= 11 is 0. The van der Waals surface area contributed by atoms with Crippen LogP contribution < -0.4 is 33.6 Å². The Morgan fingerprint density at radius 1 is 1.08 bits per heavy atom. The fourth-order valence-corrected chi connectivity index (χ4v) is 3.85. The van der Waals surface area contributed by atoms with E-state index < -0.39 is 47.9 Å². The van der Waals surface area contributed by atoms with Crippen molar-refractivity contribution in [2.45, 2.75) is 83.0 Å². The Balaban J connectivity index is 2.98. The highest BCUT2D eigenvalue weighted by molar-refractivity contribution is 5.94. The minimum Gasteiger partial charge on any atom is -0.480 e. The molecule has 0 saturated carbocycles. The Morgan fingerprint density at radius 3 is 2.31 bits per heavy atom. The number of carbonyl (C=O) groups is 5. The van der Waals surface area contributed by atoms with Crippen molar-refractivity contribution in [2.75, 3.05) is 13.1 Å². The van der Waals surface area contributed by atoms with Gasteiger partial charge in [-0.15, -0.1) is 0 Å². The van der Waals surface area contributed by atoms with Gasteiger partial charge >= 0.3 is 5.97 Å². The van der Waals surface area contributed by atoms with Gasteiger partial charge in [0.2, 0.25) is 23.6 Å². The number of aliphatic carboxylic acids is 1. The molecule has 4 amide bonds. The number of carboxylic acid groups (broad SMARTS) is 1. The number of aliphatic imine (C=N–C) groups is 1. The molecule has 14 heteroatoms. The van der Waals surface area contributed by atoms with Gasteiger partial charge in [-0.1, -0.05) is 20.3 Å². The Morgan fingerprint density at radius 2 is 1.75 bits per heavy atom. The van der Waals surface area contributed by atoms with Crippen molar-refractivity contribution in [1.29, 1.82) is 0 Å². The third-order valence-corrected chi connectivity index (χ3v) is 6.25. The van der Waals surface area contributed by atoms with Gasteiger partial charge in [0, 0.05) is 19.5 Å². The third kappa shape index (κ3) is 9.68. The lowest BCUT2D eigenvalue weighted by Crippen LogP contribution is -2.57. The largest absolute Gasteiger partial charge is 0.480 e. The van der Waals surface area contributed by atoms with E-state index in [1.54, 1.807) is 0 Å². The van der Waals surface area contributed by atoms with Crippen molar-refractivity contribution < 1.29 is 29.1 Å². The van der Waals surface area contributed by atoms with Crippen LogP contribution in [-0.4, -0.2) is 82.8 Å². The van der Waals surface area contributed by atoms with Gasteiger partial charge in [0.05, 0.1) is 6.04 Å². The summed E-state index contributed by atoms with van der Waals surface area (Å²) in [5, 5.41) is 14.4. The number of likely N-dealkylation sites (tertiary alicyclic amines) is 1. The molecule has 5 atom stereocenters. The standard InChI is InChI=1S/C22H40N8O6/c1-3-12(2)17(24)20(34)30-11-5-7-15(30)19(33)28-13(6-4-10-27-22(25)26)18(32)29-14(21(35)36)8-9-16(23)31/h12-15,17H,3-11,24H2,1-2H3,(H2,23,31)(H,28,33)(H,29,32)(H,35,36)(H4,25,26,27). The smallest absolute Gasteiger partial charge is 0.326 e. The van der Waals surface area contributed by atoms with Gasteiger partial charge in [0.1, 0.15) is 18.1 Å². The first-order valence-electron chi connectivity index (χ1n) is 12.1. The maximum Gasteiger partial charge on any atom is 0.326 e. The maximum atomic E-state index is 13.1. The van der Waals surface area contributed by atoms with E-state index in [-0.39, 0.29) is 43.6 Å². The van der Waals surface area contributed by atoms with E-state index in [4.69, 9.17) is 22.9 Å². The molecule has 0 aromatic heterocycles. The van der Waals surface area contributed by atoms with Crippen LogP contribution in [0.5, 0.6) is 0 Å². The predicted octanol–water partition coefficient (Wildman–Crippen LogP) is -2.28. The molecule has 36 heavy (non-hydrogen) atoms. The zero-order chi connectivity index (χ0) is 27.4. The van der Waals surface area contributed by atoms with Gasteiger partial charge in [-0.05, 0) is 38.0 Å². The fourth-order valence-electron chi connectivity index (χ4n) is 3.85. The summed E-state index contributed by atoms with van der Waals surface area (Å²) in [6.07, 6.45) is 1.68. The molecule has 1 aliphatic heterocycles. The van der Waals surface area contributed by atoms with Crippen LogP contribution in [0.25, 0.3) is 0 Å². The van der Waals surface area contributed by atoms with Crippen LogP contribution in [0.2, 0.25) is 0 Å². The van der Waals surface area contributed by atoms with Gasteiger partial charge < -0.3 is 43.6 Å². The van der Waals surface area contributed by atoms with Crippen LogP contribution in [0.15, 0.2) is 4.99 Å². The summed E-state index contributed by atoms with van der Waals surface area (Å²) in [4.78, 5) is 66.9. The number of carboxylic acids is 1. The molecule has 5 unspecified atom stereocenters. The summed E-state index contributed by atoms with van der Waals surface area (Å²) in [6, 6.07) is -4.04. The SMILES string of the molecule is CCC(C)C(N)C(=O)N1CCCC1C(=O)NC(CCCN=C(N)N)C(=O)NC(CCC(N)=O)C(=O)O. The molecule has 0 aromatic rings. The Bertz CT molecular complexity index is 831. The van der Waals surface area contributed by atoms with Crippen LogP contribution in [0.1, 0.15) is 58.8 Å². The normalized spacial score (nSPS) is 18.4. The van der Waals surface area contributed by atoms with E-state index in [2.05, 4.69) is 15.6 Å². The van der Waals surface area contributed by atoms with Crippen LogP contribution in [-0.2, 0) is 24.0 Å². The number of carbonyl (C=O) groups excluding carboxylic acids is 4. The number of amides is 4. The van der Waals surface area contributed by atoms with Gasteiger partial charge in [0.15, 0.2) is 5.96 Å². The number of nitrogens with zero attached hydrogens (tertiary/aromatic N) is 2. The zero-order valence-corrected chi connectivity index (χ0v) is 20.9. The third-order valence-electron chi connectivity index (χ3n) is 6.25. The first kappa shape index (κ1) is 30.6. The number of nitrogens with two attached hydrogens (primary N) is 4. The van der Waals surface area contributed by atoms with Crippen molar-refractivity contribution in [3.8, 4) is 0 Å². The second-order valence-corrected chi connectivity index (χ2v) is 9.02. The number of hydrogen-bond donors (Lipinski definition) is 7. The summed E-state index contributed by atoms with van der Waals surface area (Å²) in [7, 11) is 0. The summed E-state index contributed by atoms with van der Waals surface area (Å²) in [5.74, 6) is -3.87. The monoisotopic (exact) mass is 512 g/mol. The first-order valence-corrected chi connectivity index (χ1v) is 12.1. The average molecular weight is 513 g/mol. The molecule has 1 rings (SSSR count).